The van der Waals surface area contributed by atoms with E-state index in [0.29, 0.717) is 24.6 Å². The van der Waals surface area contributed by atoms with Gasteiger partial charge in [0.1, 0.15) is 12.3 Å². The molecular weight excluding hydrogens is 392 g/mol. The summed E-state index contributed by atoms with van der Waals surface area (Å²) < 4.78 is 38.5. The fourth-order valence-corrected chi connectivity index (χ4v) is 4.55. The lowest BCUT2D eigenvalue weighted by atomic mass is 10.2. The van der Waals surface area contributed by atoms with Gasteiger partial charge in [-0.1, -0.05) is 23.8 Å². The number of hydrogen-bond acceptors (Lipinski definition) is 5. The Bertz CT molecular complexity index is 938. The molecule has 0 radical (unpaired) electrons. The Morgan fingerprint density at radius 3 is 2.66 bits per heavy atom. The summed E-state index contributed by atoms with van der Waals surface area (Å²) in [7, 11) is -2.44. The zero-order valence-electron chi connectivity index (χ0n) is 16.6. The number of amides is 1. The van der Waals surface area contributed by atoms with Gasteiger partial charge >= 0.3 is 0 Å². The minimum atomic E-state index is -3.94. The molecule has 1 fully saturated rings. The van der Waals surface area contributed by atoms with Crippen molar-refractivity contribution in [3.63, 3.8) is 0 Å². The lowest BCUT2D eigenvalue weighted by Crippen LogP contribution is -2.42. The molecule has 3 rings (SSSR count). The molecule has 1 atom stereocenters. The van der Waals surface area contributed by atoms with Gasteiger partial charge in [0.05, 0.1) is 23.8 Å². The summed E-state index contributed by atoms with van der Waals surface area (Å²) in [6, 6.07) is 13.2. The highest BCUT2D eigenvalue weighted by atomic mass is 32.2. The second kappa shape index (κ2) is 9.28. The number of benzene rings is 2. The van der Waals surface area contributed by atoms with Crippen LogP contribution >= 0.6 is 0 Å². The molecule has 1 N–H and O–H groups in total. The van der Waals surface area contributed by atoms with Crippen molar-refractivity contribution < 1.29 is 22.7 Å². The summed E-state index contributed by atoms with van der Waals surface area (Å²) in [5.41, 5.74) is 1.31. The molecule has 8 heteroatoms. The Balaban J connectivity index is 1.86. The van der Waals surface area contributed by atoms with Crippen LogP contribution in [-0.4, -0.2) is 47.2 Å². The summed E-state index contributed by atoms with van der Waals surface area (Å²) in [6.07, 6.45) is 1.85. The average molecular weight is 419 g/mol. The number of hydrogen-bond donors (Lipinski definition) is 1. The molecule has 29 heavy (non-hydrogen) atoms. The molecule has 1 heterocycles. The van der Waals surface area contributed by atoms with Crippen molar-refractivity contribution in [2.24, 2.45) is 0 Å². The molecule has 156 valence electrons. The average Bonchev–Trinajstić information content (AvgIpc) is 3.24. The molecule has 0 aromatic heterocycles. The first-order valence-electron chi connectivity index (χ1n) is 9.52. The van der Waals surface area contributed by atoms with Crippen LogP contribution in [0.1, 0.15) is 18.4 Å². The number of nitrogens with one attached hydrogen (secondary N) is 1. The number of sulfonamides is 1. The molecule has 1 aliphatic heterocycles. The van der Waals surface area contributed by atoms with Gasteiger partial charge in [0.15, 0.2) is 0 Å². The third kappa shape index (κ3) is 5.27. The fraction of sp³-hybridized carbons (Fsp3) is 0.381. The highest BCUT2D eigenvalue weighted by molar-refractivity contribution is 7.92. The lowest BCUT2D eigenvalue weighted by Gasteiger charge is -2.25. The first kappa shape index (κ1) is 21.1. The number of rotatable bonds is 8. The van der Waals surface area contributed by atoms with Crippen LogP contribution in [0.3, 0.4) is 0 Å². The van der Waals surface area contributed by atoms with Crippen molar-refractivity contribution >= 4 is 21.6 Å². The van der Waals surface area contributed by atoms with Gasteiger partial charge in [-0.25, -0.2) is 8.42 Å². The zero-order chi connectivity index (χ0) is 20.9. The fourth-order valence-electron chi connectivity index (χ4n) is 3.14. The molecule has 2 aromatic rings. The summed E-state index contributed by atoms with van der Waals surface area (Å²) in [5.74, 6) is 0.116. The molecule has 1 saturated heterocycles. The lowest BCUT2D eigenvalue weighted by molar-refractivity contribution is -0.120. The predicted molar refractivity (Wildman–Crippen MR) is 111 cm³/mol. The zero-order valence-corrected chi connectivity index (χ0v) is 17.4. The molecule has 1 amide bonds. The van der Waals surface area contributed by atoms with Gasteiger partial charge in [-0.05, 0) is 44.0 Å². The quantitative estimate of drug-likeness (QED) is 0.712. The number of nitrogens with zero attached hydrogens (tertiary/aromatic N) is 1. The summed E-state index contributed by atoms with van der Waals surface area (Å²) >= 11 is 0. The summed E-state index contributed by atoms with van der Waals surface area (Å²) in [6.45, 7) is 2.61. The maximum Gasteiger partial charge on any atom is 0.264 e. The molecule has 1 aliphatic rings. The first-order valence-corrected chi connectivity index (χ1v) is 11.0. The maximum atomic E-state index is 13.3. The number of aryl methyl sites for hydroxylation is 1. The number of methoxy groups -OCH3 is 1. The van der Waals surface area contributed by atoms with Crippen LogP contribution in [0.5, 0.6) is 5.75 Å². The van der Waals surface area contributed by atoms with E-state index in [1.165, 1.54) is 7.11 Å². The highest BCUT2D eigenvalue weighted by Gasteiger charge is 2.28. The monoisotopic (exact) mass is 418 g/mol. The third-order valence-corrected chi connectivity index (χ3v) is 6.58. The molecule has 1 unspecified atom stereocenters. The van der Waals surface area contributed by atoms with Gasteiger partial charge in [-0.3, -0.25) is 9.10 Å². The second-order valence-electron chi connectivity index (χ2n) is 6.97. The normalized spacial score (nSPS) is 16.4. The Kier molecular flexibility index (Phi) is 6.76. The van der Waals surface area contributed by atoms with Gasteiger partial charge in [0.2, 0.25) is 5.91 Å². The summed E-state index contributed by atoms with van der Waals surface area (Å²) in [5, 5.41) is 2.78. The van der Waals surface area contributed by atoms with E-state index < -0.39 is 10.0 Å². The van der Waals surface area contributed by atoms with E-state index in [9.17, 15) is 13.2 Å². The van der Waals surface area contributed by atoms with Gasteiger partial charge in [0, 0.05) is 19.2 Å². The minimum absolute atomic E-state index is 0.0158. The predicted octanol–water partition coefficient (Wildman–Crippen LogP) is 2.49. The van der Waals surface area contributed by atoms with Crippen molar-refractivity contribution in [1.82, 2.24) is 5.32 Å². The number of anilines is 1. The van der Waals surface area contributed by atoms with E-state index in [1.807, 2.05) is 6.92 Å². The number of carbonyl (C=O) groups excluding carboxylic acids is 1. The Labute approximate surface area is 171 Å². The smallest absolute Gasteiger partial charge is 0.264 e. The van der Waals surface area contributed by atoms with Crippen molar-refractivity contribution in [3.8, 4) is 5.75 Å². The van der Waals surface area contributed by atoms with E-state index in [-0.39, 0.29) is 23.5 Å². The van der Waals surface area contributed by atoms with Gasteiger partial charge in [-0.15, -0.1) is 0 Å². The standard InChI is InChI=1S/C21H26N2O5S/c1-16-8-10-20(11-9-16)29(25,26)23(17-5-3-6-18(13-17)27-2)15-21(24)22-14-19-7-4-12-28-19/h3,5-6,8-11,13,19H,4,7,12,14-15H2,1-2H3,(H,22,24). The molecule has 0 saturated carbocycles. The van der Waals surface area contributed by atoms with Crippen LogP contribution in [-0.2, 0) is 19.6 Å². The topological polar surface area (TPSA) is 84.9 Å². The van der Waals surface area contributed by atoms with Crippen molar-refractivity contribution in [2.75, 3.05) is 31.1 Å². The van der Waals surface area contributed by atoms with Crippen molar-refractivity contribution in [2.45, 2.75) is 30.8 Å². The number of ether oxygens (including phenoxy) is 2. The Morgan fingerprint density at radius 1 is 1.24 bits per heavy atom. The van der Waals surface area contributed by atoms with E-state index in [0.717, 1.165) is 22.7 Å². The van der Waals surface area contributed by atoms with Gasteiger partial charge in [-0.2, -0.15) is 0 Å². The largest absolute Gasteiger partial charge is 0.497 e. The minimum Gasteiger partial charge on any atom is -0.497 e. The Hall–Kier alpha value is -2.58. The van der Waals surface area contributed by atoms with Crippen molar-refractivity contribution in [1.29, 1.82) is 0 Å². The van der Waals surface area contributed by atoms with Crippen LogP contribution in [0.25, 0.3) is 0 Å². The molecule has 7 nitrogen and oxygen atoms in total. The van der Waals surface area contributed by atoms with Crippen LogP contribution in [0.2, 0.25) is 0 Å². The first-order chi connectivity index (χ1) is 13.9. The van der Waals surface area contributed by atoms with E-state index in [4.69, 9.17) is 9.47 Å². The molecule has 0 spiro atoms. The van der Waals surface area contributed by atoms with Crippen LogP contribution in [0.15, 0.2) is 53.4 Å². The summed E-state index contributed by atoms with van der Waals surface area (Å²) in [4.78, 5) is 12.7. The van der Waals surface area contributed by atoms with Crippen LogP contribution in [0, 0.1) is 6.92 Å². The van der Waals surface area contributed by atoms with Gasteiger partial charge in [0.25, 0.3) is 10.0 Å². The van der Waals surface area contributed by atoms with Crippen LogP contribution < -0.4 is 14.4 Å². The maximum absolute atomic E-state index is 13.3. The van der Waals surface area contributed by atoms with Crippen LogP contribution in [0.4, 0.5) is 5.69 Å². The van der Waals surface area contributed by atoms with E-state index in [1.54, 1.807) is 48.5 Å². The highest BCUT2D eigenvalue weighted by Crippen LogP contribution is 2.27. The molecule has 0 bridgehead atoms. The molecule has 2 aromatic carbocycles. The SMILES string of the molecule is COc1cccc(N(CC(=O)NCC2CCCO2)S(=O)(=O)c2ccc(C)cc2)c1. The second-order valence-corrected chi connectivity index (χ2v) is 8.83. The number of carbonyl (C=O) groups is 1. The Morgan fingerprint density at radius 2 is 2.00 bits per heavy atom. The molecular formula is C21H26N2O5S. The van der Waals surface area contributed by atoms with E-state index >= 15 is 0 Å². The molecule has 0 aliphatic carbocycles. The van der Waals surface area contributed by atoms with E-state index in [2.05, 4.69) is 5.32 Å². The van der Waals surface area contributed by atoms with Gasteiger partial charge < -0.3 is 14.8 Å². The van der Waals surface area contributed by atoms with Crippen molar-refractivity contribution in [3.05, 3.63) is 54.1 Å². The third-order valence-electron chi connectivity index (χ3n) is 4.79.